The zero-order chi connectivity index (χ0) is 19.2. The van der Waals surface area contributed by atoms with Crippen LogP contribution < -0.4 is 9.64 Å². The van der Waals surface area contributed by atoms with Gasteiger partial charge in [-0.05, 0) is 30.3 Å². The lowest BCUT2D eigenvalue weighted by atomic mass is 10.1. The van der Waals surface area contributed by atoms with Crippen LogP contribution in [0.2, 0.25) is 5.02 Å². The van der Waals surface area contributed by atoms with Crippen molar-refractivity contribution >= 4 is 33.1 Å². The number of likely N-dealkylation sites (N-methyl/N-ethyl adjacent to an activating group) is 1. The predicted octanol–water partition coefficient (Wildman–Crippen LogP) is 1.30. The highest BCUT2D eigenvalue weighted by Gasteiger charge is 2.37. The number of halogens is 1. The second kappa shape index (κ2) is 6.63. The number of anilines is 1. The van der Waals surface area contributed by atoms with Crippen LogP contribution in [0.15, 0.2) is 41.6 Å². The van der Waals surface area contributed by atoms with E-state index in [-0.39, 0.29) is 16.0 Å². The summed E-state index contributed by atoms with van der Waals surface area (Å²) in [6.45, 7) is 1.08. The minimum absolute atomic E-state index is 0.137. The highest BCUT2D eigenvalue weighted by Crippen LogP contribution is 2.30. The van der Waals surface area contributed by atoms with E-state index < -0.39 is 10.0 Å². The number of methoxy groups -OCH3 is 1. The average Bonchev–Trinajstić information content (AvgIpc) is 3.08. The normalized spacial score (nSPS) is 15.3. The van der Waals surface area contributed by atoms with Gasteiger partial charge in [0.15, 0.2) is 5.65 Å². The first-order valence-corrected chi connectivity index (χ1v) is 9.95. The first-order chi connectivity index (χ1) is 12.9. The molecule has 1 fully saturated rings. The van der Waals surface area contributed by atoms with Gasteiger partial charge in [-0.2, -0.15) is 8.82 Å². The van der Waals surface area contributed by atoms with Gasteiger partial charge in [-0.3, -0.25) is 0 Å². The first-order valence-electron chi connectivity index (χ1n) is 8.14. The fraction of sp³-hybridized carbons (Fsp3) is 0.312. The summed E-state index contributed by atoms with van der Waals surface area (Å²) >= 11 is 6.07. The van der Waals surface area contributed by atoms with Gasteiger partial charge < -0.3 is 9.64 Å². The number of hydrogen-bond acceptors (Lipinski definition) is 7. The van der Waals surface area contributed by atoms with Crippen molar-refractivity contribution in [2.45, 2.75) is 10.9 Å². The molecule has 3 heterocycles. The Hall–Kier alpha value is -2.43. The van der Waals surface area contributed by atoms with Crippen LogP contribution >= 0.6 is 11.6 Å². The summed E-state index contributed by atoms with van der Waals surface area (Å²) in [6.07, 6.45) is 1.53. The van der Waals surface area contributed by atoms with Crippen molar-refractivity contribution in [3.63, 3.8) is 0 Å². The van der Waals surface area contributed by atoms with Gasteiger partial charge in [0.1, 0.15) is 17.9 Å². The lowest BCUT2D eigenvalue weighted by molar-refractivity contribution is 0.309. The number of nitrogens with zero attached hydrogens (tertiary/aromatic N) is 6. The molecular formula is C16H17ClN6O3S. The van der Waals surface area contributed by atoms with Crippen molar-refractivity contribution < 1.29 is 13.2 Å². The molecule has 1 aliphatic heterocycles. The minimum atomic E-state index is -3.66. The Morgan fingerprint density at radius 2 is 2.04 bits per heavy atom. The fourth-order valence-corrected chi connectivity index (χ4v) is 4.62. The molecule has 0 bridgehead atoms. The van der Waals surface area contributed by atoms with Crippen LogP contribution in [-0.2, 0) is 10.0 Å². The van der Waals surface area contributed by atoms with Gasteiger partial charge in [0.05, 0.1) is 23.1 Å². The number of benzene rings is 1. The SMILES string of the molecule is COc1ccc(S(=O)(=O)N(C)C2CN(c3ccc4nncn4n3)C2)cc1Cl. The monoisotopic (exact) mass is 408 g/mol. The summed E-state index contributed by atoms with van der Waals surface area (Å²) in [5.41, 5.74) is 0.659. The van der Waals surface area contributed by atoms with Gasteiger partial charge in [-0.15, -0.1) is 15.3 Å². The van der Waals surface area contributed by atoms with E-state index in [1.165, 1.54) is 29.9 Å². The third-order valence-corrected chi connectivity index (χ3v) is 6.85. The maximum absolute atomic E-state index is 12.9. The molecule has 1 aromatic carbocycles. The Bertz CT molecular complexity index is 1100. The van der Waals surface area contributed by atoms with Crippen LogP contribution in [0.4, 0.5) is 5.82 Å². The zero-order valence-electron chi connectivity index (χ0n) is 14.6. The van der Waals surface area contributed by atoms with E-state index in [2.05, 4.69) is 15.3 Å². The molecule has 3 aromatic rings. The van der Waals surface area contributed by atoms with Crippen LogP contribution in [0.1, 0.15) is 0 Å². The number of ether oxygens (including phenoxy) is 1. The second-order valence-corrected chi connectivity index (χ2v) is 8.61. The number of aromatic nitrogens is 4. The van der Waals surface area contributed by atoms with Crippen molar-refractivity contribution in [2.75, 3.05) is 32.1 Å². The highest BCUT2D eigenvalue weighted by molar-refractivity contribution is 7.89. The summed E-state index contributed by atoms with van der Waals surface area (Å²) in [4.78, 5) is 2.13. The van der Waals surface area contributed by atoms with E-state index in [1.54, 1.807) is 17.6 Å². The second-order valence-electron chi connectivity index (χ2n) is 6.20. The summed E-state index contributed by atoms with van der Waals surface area (Å²) in [5.74, 6) is 1.18. The minimum Gasteiger partial charge on any atom is -0.495 e. The molecule has 0 spiro atoms. The number of fused-ring (bicyclic) bond motifs is 1. The Kier molecular flexibility index (Phi) is 4.41. The molecule has 0 radical (unpaired) electrons. The predicted molar refractivity (Wildman–Crippen MR) is 99.7 cm³/mol. The van der Waals surface area contributed by atoms with E-state index in [0.717, 1.165) is 5.82 Å². The molecule has 4 rings (SSSR count). The molecule has 27 heavy (non-hydrogen) atoms. The van der Waals surface area contributed by atoms with Gasteiger partial charge in [-0.25, -0.2) is 8.42 Å². The van der Waals surface area contributed by atoms with Gasteiger partial charge in [0, 0.05) is 20.1 Å². The van der Waals surface area contributed by atoms with Crippen LogP contribution in [-0.4, -0.2) is 65.8 Å². The fourth-order valence-electron chi connectivity index (χ4n) is 2.93. The Morgan fingerprint density at radius 3 is 2.74 bits per heavy atom. The Labute approximate surface area is 161 Å². The highest BCUT2D eigenvalue weighted by atomic mass is 35.5. The maximum Gasteiger partial charge on any atom is 0.243 e. The lowest BCUT2D eigenvalue weighted by Gasteiger charge is -2.43. The van der Waals surface area contributed by atoms with E-state index in [4.69, 9.17) is 16.3 Å². The van der Waals surface area contributed by atoms with Gasteiger partial charge in [0.2, 0.25) is 10.0 Å². The van der Waals surface area contributed by atoms with Crippen molar-refractivity contribution in [2.24, 2.45) is 0 Å². The third kappa shape index (κ3) is 3.09. The molecule has 0 aliphatic carbocycles. The summed E-state index contributed by atoms with van der Waals surface area (Å²) in [7, 11) is -0.600. The molecule has 9 nitrogen and oxygen atoms in total. The molecule has 11 heteroatoms. The molecule has 142 valence electrons. The molecule has 0 amide bonds. The number of sulfonamides is 1. The average molecular weight is 409 g/mol. The molecule has 0 atom stereocenters. The van der Waals surface area contributed by atoms with Gasteiger partial charge in [-0.1, -0.05) is 11.6 Å². The quantitative estimate of drug-likeness (QED) is 0.628. The molecule has 2 aromatic heterocycles. The maximum atomic E-state index is 12.9. The Morgan fingerprint density at radius 1 is 1.26 bits per heavy atom. The van der Waals surface area contributed by atoms with Gasteiger partial charge in [0.25, 0.3) is 0 Å². The van der Waals surface area contributed by atoms with Gasteiger partial charge >= 0.3 is 0 Å². The topological polar surface area (TPSA) is 92.9 Å². The summed E-state index contributed by atoms with van der Waals surface area (Å²) < 4.78 is 33.8. The smallest absolute Gasteiger partial charge is 0.243 e. The summed E-state index contributed by atoms with van der Waals surface area (Å²) in [6, 6.07) is 7.96. The molecular weight excluding hydrogens is 392 g/mol. The van der Waals surface area contributed by atoms with Crippen LogP contribution in [0.25, 0.3) is 5.65 Å². The molecule has 1 saturated heterocycles. The summed E-state index contributed by atoms with van der Waals surface area (Å²) in [5, 5.41) is 12.4. The van der Waals surface area contributed by atoms with Crippen molar-refractivity contribution in [1.82, 2.24) is 24.1 Å². The molecule has 0 saturated carbocycles. The standard InChI is InChI=1S/C16H17ClN6O3S/c1-21(27(24,25)12-3-4-14(26-2)13(17)7-12)11-8-22(9-11)16-6-5-15-19-18-10-23(15)20-16/h3-7,10-11H,8-9H2,1-2H3. The Balaban J connectivity index is 1.48. The zero-order valence-corrected chi connectivity index (χ0v) is 16.2. The molecule has 1 aliphatic rings. The van der Waals surface area contributed by atoms with Crippen LogP contribution in [0, 0.1) is 0 Å². The van der Waals surface area contributed by atoms with Crippen molar-refractivity contribution in [3.05, 3.63) is 41.7 Å². The van der Waals surface area contributed by atoms with E-state index in [0.29, 0.717) is 24.5 Å². The largest absolute Gasteiger partial charge is 0.495 e. The first kappa shape index (κ1) is 18.0. The van der Waals surface area contributed by atoms with E-state index >= 15 is 0 Å². The number of hydrogen-bond donors (Lipinski definition) is 0. The molecule has 0 N–H and O–H groups in total. The lowest BCUT2D eigenvalue weighted by Crippen LogP contribution is -2.60. The number of rotatable bonds is 5. The van der Waals surface area contributed by atoms with Crippen molar-refractivity contribution in [1.29, 1.82) is 0 Å². The van der Waals surface area contributed by atoms with Crippen LogP contribution in [0.3, 0.4) is 0 Å². The molecule has 0 unspecified atom stereocenters. The van der Waals surface area contributed by atoms with E-state index in [1.807, 2.05) is 17.0 Å². The van der Waals surface area contributed by atoms with E-state index in [9.17, 15) is 8.42 Å². The third-order valence-electron chi connectivity index (χ3n) is 4.65. The van der Waals surface area contributed by atoms with Crippen LogP contribution in [0.5, 0.6) is 5.75 Å². The van der Waals surface area contributed by atoms with Crippen molar-refractivity contribution in [3.8, 4) is 5.75 Å².